The number of carbonyl (C=O) groups is 2. The number of carboxylic acid groups (broad SMARTS) is 1. The summed E-state index contributed by atoms with van der Waals surface area (Å²) in [5.41, 5.74) is 0.820. The summed E-state index contributed by atoms with van der Waals surface area (Å²) in [5, 5.41) is 9.02. The quantitative estimate of drug-likeness (QED) is 0.931. The van der Waals surface area contributed by atoms with Crippen molar-refractivity contribution in [3.8, 4) is 0 Å². The summed E-state index contributed by atoms with van der Waals surface area (Å²) in [7, 11) is 0. The van der Waals surface area contributed by atoms with Crippen LogP contribution in [0.3, 0.4) is 0 Å². The van der Waals surface area contributed by atoms with E-state index in [1.165, 1.54) is 0 Å². The first-order valence-electron chi connectivity index (χ1n) is 7.55. The molecular formula is C17H23NO4. The maximum Gasteiger partial charge on any atom is 0.410 e. The number of amides is 1. The van der Waals surface area contributed by atoms with E-state index in [4.69, 9.17) is 9.84 Å². The summed E-state index contributed by atoms with van der Waals surface area (Å²) in [6, 6.07) is 6.99. The first kappa shape index (κ1) is 16.3. The zero-order chi connectivity index (χ0) is 16.3. The predicted octanol–water partition coefficient (Wildman–Crippen LogP) is 3.18. The van der Waals surface area contributed by atoms with Crippen molar-refractivity contribution >= 4 is 12.1 Å². The smallest absolute Gasteiger partial charge is 0.410 e. The Bertz CT molecular complexity index is 562. The lowest BCUT2D eigenvalue weighted by Crippen LogP contribution is -2.35. The van der Waals surface area contributed by atoms with Gasteiger partial charge in [0.2, 0.25) is 0 Å². The Kier molecular flexibility index (Phi) is 4.74. The van der Waals surface area contributed by atoms with E-state index in [1.807, 2.05) is 26.8 Å². The number of hydrogen-bond donors (Lipinski definition) is 1. The Hall–Kier alpha value is -2.04. The van der Waals surface area contributed by atoms with E-state index in [1.54, 1.807) is 23.1 Å². The van der Waals surface area contributed by atoms with Crippen LogP contribution in [0.4, 0.5) is 4.79 Å². The number of carboxylic acids is 1. The molecule has 0 spiro atoms. The SMILES string of the molecule is CC(C)(C)OC(=O)N1CC[C@@H](Cc2cccc(C(=O)O)c2)C1. The summed E-state index contributed by atoms with van der Waals surface area (Å²) in [5.74, 6) is -0.569. The molecule has 120 valence electrons. The van der Waals surface area contributed by atoms with Crippen LogP contribution < -0.4 is 0 Å². The summed E-state index contributed by atoms with van der Waals surface area (Å²) in [6.07, 6.45) is 1.42. The molecule has 1 atom stereocenters. The van der Waals surface area contributed by atoms with Crippen molar-refractivity contribution in [3.63, 3.8) is 0 Å². The van der Waals surface area contributed by atoms with Gasteiger partial charge in [-0.25, -0.2) is 9.59 Å². The van der Waals surface area contributed by atoms with Gasteiger partial charge < -0.3 is 14.7 Å². The third kappa shape index (κ3) is 4.48. The van der Waals surface area contributed by atoms with E-state index in [0.717, 1.165) is 18.4 Å². The normalized spacial score (nSPS) is 18.3. The number of carbonyl (C=O) groups excluding carboxylic acids is 1. The van der Waals surface area contributed by atoms with E-state index < -0.39 is 11.6 Å². The molecule has 1 saturated heterocycles. The minimum Gasteiger partial charge on any atom is -0.478 e. The van der Waals surface area contributed by atoms with Crippen LogP contribution in [0.25, 0.3) is 0 Å². The maximum atomic E-state index is 12.0. The topological polar surface area (TPSA) is 66.8 Å². The second-order valence-electron chi connectivity index (χ2n) is 6.79. The van der Waals surface area contributed by atoms with E-state index in [-0.39, 0.29) is 6.09 Å². The van der Waals surface area contributed by atoms with Crippen molar-refractivity contribution in [1.82, 2.24) is 4.90 Å². The van der Waals surface area contributed by atoms with Crippen molar-refractivity contribution < 1.29 is 19.4 Å². The molecule has 1 heterocycles. The molecule has 0 unspecified atom stereocenters. The molecule has 0 radical (unpaired) electrons. The van der Waals surface area contributed by atoms with Crippen LogP contribution in [0.15, 0.2) is 24.3 Å². The van der Waals surface area contributed by atoms with Crippen LogP contribution in [0.2, 0.25) is 0 Å². The highest BCUT2D eigenvalue weighted by atomic mass is 16.6. The van der Waals surface area contributed by atoms with Crippen molar-refractivity contribution in [2.24, 2.45) is 5.92 Å². The second kappa shape index (κ2) is 6.38. The zero-order valence-corrected chi connectivity index (χ0v) is 13.3. The molecule has 1 amide bonds. The lowest BCUT2D eigenvalue weighted by Gasteiger charge is -2.24. The lowest BCUT2D eigenvalue weighted by molar-refractivity contribution is 0.0288. The molecule has 0 saturated carbocycles. The molecule has 0 aliphatic carbocycles. The summed E-state index contributed by atoms with van der Waals surface area (Å²) >= 11 is 0. The van der Waals surface area contributed by atoms with Crippen molar-refractivity contribution in [1.29, 1.82) is 0 Å². The highest BCUT2D eigenvalue weighted by molar-refractivity contribution is 5.87. The molecule has 1 aromatic carbocycles. The van der Waals surface area contributed by atoms with Crippen LogP contribution in [-0.2, 0) is 11.2 Å². The molecule has 1 N–H and O–H groups in total. The van der Waals surface area contributed by atoms with Crippen LogP contribution in [-0.4, -0.2) is 40.8 Å². The van der Waals surface area contributed by atoms with E-state index in [9.17, 15) is 9.59 Å². The van der Waals surface area contributed by atoms with Gasteiger partial charge in [0, 0.05) is 13.1 Å². The molecule has 5 heteroatoms. The van der Waals surface area contributed by atoms with Gasteiger partial charge in [-0.1, -0.05) is 12.1 Å². The first-order chi connectivity index (χ1) is 10.2. The van der Waals surface area contributed by atoms with Crippen LogP contribution in [0.5, 0.6) is 0 Å². The highest BCUT2D eigenvalue weighted by Crippen LogP contribution is 2.23. The summed E-state index contributed by atoms with van der Waals surface area (Å²) in [4.78, 5) is 24.8. The Balaban J connectivity index is 1.92. The Labute approximate surface area is 130 Å². The van der Waals surface area contributed by atoms with Gasteiger partial charge in [0.15, 0.2) is 0 Å². The molecule has 2 rings (SSSR count). The van der Waals surface area contributed by atoms with Gasteiger partial charge in [-0.05, 0) is 57.2 Å². The molecule has 1 aromatic rings. The zero-order valence-electron chi connectivity index (χ0n) is 13.3. The van der Waals surface area contributed by atoms with E-state index in [2.05, 4.69) is 0 Å². The Morgan fingerprint density at radius 2 is 2.09 bits per heavy atom. The highest BCUT2D eigenvalue weighted by Gasteiger charge is 2.29. The van der Waals surface area contributed by atoms with Crippen molar-refractivity contribution in [2.45, 2.75) is 39.2 Å². The average molecular weight is 305 g/mol. The predicted molar refractivity (Wildman–Crippen MR) is 83.0 cm³/mol. The van der Waals surface area contributed by atoms with Gasteiger partial charge in [-0.15, -0.1) is 0 Å². The molecule has 0 bridgehead atoms. The Morgan fingerprint density at radius 1 is 1.36 bits per heavy atom. The van der Waals surface area contributed by atoms with Gasteiger partial charge in [0.05, 0.1) is 5.56 Å². The number of benzene rings is 1. The van der Waals surface area contributed by atoms with Crippen LogP contribution in [0.1, 0.15) is 43.1 Å². The lowest BCUT2D eigenvalue weighted by atomic mass is 9.97. The number of likely N-dealkylation sites (tertiary alicyclic amines) is 1. The van der Waals surface area contributed by atoms with Crippen LogP contribution >= 0.6 is 0 Å². The molecular weight excluding hydrogens is 282 g/mol. The Morgan fingerprint density at radius 3 is 2.73 bits per heavy atom. The molecule has 1 aliphatic heterocycles. The minimum atomic E-state index is -0.913. The summed E-state index contributed by atoms with van der Waals surface area (Å²) in [6.45, 7) is 6.92. The van der Waals surface area contributed by atoms with Crippen LogP contribution in [0, 0.1) is 5.92 Å². The van der Waals surface area contributed by atoms with E-state index in [0.29, 0.717) is 24.6 Å². The van der Waals surface area contributed by atoms with Crippen molar-refractivity contribution in [3.05, 3.63) is 35.4 Å². The molecule has 22 heavy (non-hydrogen) atoms. The molecule has 0 aromatic heterocycles. The fourth-order valence-corrected chi connectivity index (χ4v) is 2.66. The fraction of sp³-hybridized carbons (Fsp3) is 0.529. The number of ether oxygens (including phenoxy) is 1. The third-order valence-corrected chi connectivity index (χ3v) is 3.64. The number of aromatic carboxylic acids is 1. The largest absolute Gasteiger partial charge is 0.478 e. The molecule has 1 aliphatic rings. The molecule has 1 fully saturated rings. The average Bonchev–Trinajstić information content (AvgIpc) is 2.85. The van der Waals surface area contributed by atoms with E-state index >= 15 is 0 Å². The van der Waals surface area contributed by atoms with Gasteiger partial charge in [-0.3, -0.25) is 0 Å². The second-order valence-corrected chi connectivity index (χ2v) is 6.79. The van der Waals surface area contributed by atoms with Gasteiger partial charge in [0.25, 0.3) is 0 Å². The standard InChI is InChI=1S/C17H23NO4/c1-17(2,3)22-16(21)18-8-7-13(11-18)9-12-5-4-6-14(10-12)15(19)20/h4-6,10,13H,7-9,11H2,1-3H3,(H,19,20)/t13-/m0/s1. The van der Waals surface area contributed by atoms with Gasteiger partial charge >= 0.3 is 12.1 Å². The number of rotatable bonds is 3. The molecule has 5 nitrogen and oxygen atoms in total. The van der Waals surface area contributed by atoms with Crippen molar-refractivity contribution in [2.75, 3.05) is 13.1 Å². The van der Waals surface area contributed by atoms with Gasteiger partial charge in [0.1, 0.15) is 5.60 Å². The first-order valence-corrected chi connectivity index (χ1v) is 7.55. The summed E-state index contributed by atoms with van der Waals surface area (Å²) < 4.78 is 5.38. The minimum absolute atomic E-state index is 0.269. The third-order valence-electron chi connectivity index (χ3n) is 3.64. The number of hydrogen-bond acceptors (Lipinski definition) is 3. The monoisotopic (exact) mass is 305 g/mol. The maximum absolute atomic E-state index is 12.0. The fourth-order valence-electron chi connectivity index (χ4n) is 2.66. The number of nitrogens with zero attached hydrogens (tertiary/aromatic N) is 1. The van der Waals surface area contributed by atoms with Gasteiger partial charge in [-0.2, -0.15) is 0 Å².